The van der Waals surface area contributed by atoms with Crippen molar-refractivity contribution in [3.63, 3.8) is 0 Å². The summed E-state index contributed by atoms with van der Waals surface area (Å²) in [5.74, 6) is 0.317. The van der Waals surface area contributed by atoms with Crippen molar-refractivity contribution in [3.8, 4) is 0 Å². The van der Waals surface area contributed by atoms with Gasteiger partial charge in [0.05, 0.1) is 5.69 Å². The normalized spacial score (nSPS) is 16.7. The molecule has 5 nitrogen and oxygen atoms in total. The van der Waals surface area contributed by atoms with Crippen molar-refractivity contribution in [2.24, 2.45) is 11.7 Å². The van der Waals surface area contributed by atoms with Gasteiger partial charge < -0.3 is 10.6 Å². The van der Waals surface area contributed by atoms with E-state index in [1.54, 1.807) is 12.1 Å². The first kappa shape index (κ1) is 16.3. The number of benzene rings is 1. The first-order valence-electron chi connectivity index (χ1n) is 7.54. The highest BCUT2D eigenvalue weighted by Crippen LogP contribution is 2.28. The second kappa shape index (κ2) is 6.77. The molecule has 0 amide bonds. The number of nitrogens with two attached hydrogens (primary N) is 1. The summed E-state index contributed by atoms with van der Waals surface area (Å²) in [6.45, 7) is 6.19. The molecule has 1 unspecified atom stereocenters. The molecule has 6 heteroatoms. The fourth-order valence-corrected chi connectivity index (χ4v) is 3.81. The zero-order chi connectivity index (χ0) is 15.5. The zero-order valence-corrected chi connectivity index (χ0v) is 13.6. The van der Waals surface area contributed by atoms with E-state index in [0.29, 0.717) is 17.4 Å². The first-order chi connectivity index (χ1) is 9.97. The second-order valence-electron chi connectivity index (χ2n) is 5.74. The number of nitrogens with one attached hydrogen (secondary N) is 1. The minimum Gasteiger partial charge on any atom is -0.370 e. The Morgan fingerprint density at radius 2 is 2.05 bits per heavy atom. The van der Waals surface area contributed by atoms with Crippen molar-refractivity contribution in [1.29, 1.82) is 0 Å². The molecule has 0 spiro atoms. The van der Waals surface area contributed by atoms with Gasteiger partial charge in [-0.2, -0.15) is 0 Å². The molecule has 1 fully saturated rings. The molecule has 1 aromatic carbocycles. The highest BCUT2D eigenvalue weighted by molar-refractivity contribution is 7.89. The van der Waals surface area contributed by atoms with Gasteiger partial charge in [-0.3, -0.25) is 0 Å². The van der Waals surface area contributed by atoms with E-state index in [1.165, 1.54) is 0 Å². The van der Waals surface area contributed by atoms with Crippen LogP contribution in [0.2, 0.25) is 0 Å². The van der Waals surface area contributed by atoms with E-state index in [9.17, 15) is 8.42 Å². The predicted molar refractivity (Wildman–Crippen MR) is 85.9 cm³/mol. The third-order valence-corrected chi connectivity index (χ3v) is 5.28. The van der Waals surface area contributed by atoms with Gasteiger partial charge in [-0.1, -0.05) is 19.1 Å². The standard InChI is InChI=1S/C15H25N3O2S/c1-3-18(11-12(2)10-16)14-6-4-5-7-15(14)21(19,20)17-13-8-9-13/h4-7,12-13,17H,3,8-11,16H2,1-2H3. The largest absolute Gasteiger partial charge is 0.370 e. The van der Waals surface area contributed by atoms with Crippen molar-refractivity contribution in [3.05, 3.63) is 24.3 Å². The minimum absolute atomic E-state index is 0.112. The molecule has 1 aromatic rings. The zero-order valence-electron chi connectivity index (χ0n) is 12.7. The molecule has 2 rings (SSSR count). The average Bonchev–Trinajstić information content (AvgIpc) is 3.27. The summed E-state index contributed by atoms with van der Waals surface area (Å²) < 4.78 is 27.8. The Hall–Kier alpha value is -1.11. The van der Waals surface area contributed by atoms with Crippen LogP contribution in [-0.2, 0) is 10.0 Å². The van der Waals surface area contributed by atoms with Gasteiger partial charge in [0.25, 0.3) is 0 Å². The van der Waals surface area contributed by atoms with Gasteiger partial charge in [-0.25, -0.2) is 13.1 Å². The van der Waals surface area contributed by atoms with Crippen LogP contribution in [-0.4, -0.2) is 34.1 Å². The van der Waals surface area contributed by atoms with Crippen LogP contribution in [0, 0.1) is 5.92 Å². The van der Waals surface area contributed by atoms with Gasteiger partial charge in [-0.05, 0) is 44.4 Å². The molecule has 1 saturated carbocycles. The summed E-state index contributed by atoms with van der Waals surface area (Å²) in [6.07, 6.45) is 1.87. The molecule has 0 aliphatic heterocycles. The van der Waals surface area contributed by atoms with Crippen molar-refractivity contribution < 1.29 is 8.42 Å². The number of rotatable bonds is 8. The number of sulfonamides is 1. The van der Waals surface area contributed by atoms with E-state index in [1.807, 2.05) is 19.1 Å². The Morgan fingerprint density at radius 1 is 1.38 bits per heavy atom. The van der Waals surface area contributed by atoms with Crippen molar-refractivity contribution >= 4 is 15.7 Å². The molecular formula is C15H25N3O2S. The van der Waals surface area contributed by atoms with Crippen LogP contribution in [0.3, 0.4) is 0 Å². The van der Waals surface area contributed by atoms with Gasteiger partial charge in [0.2, 0.25) is 10.0 Å². The minimum atomic E-state index is -3.45. The van der Waals surface area contributed by atoms with Crippen LogP contribution in [0.25, 0.3) is 0 Å². The molecule has 0 aromatic heterocycles. The number of hydrogen-bond acceptors (Lipinski definition) is 4. The Kier molecular flexibility index (Phi) is 5.24. The molecule has 1 aliphatic carbocycles. The van der Waals surface area contributed by atoms with E-state index in [-0.39, 0.29) is 6.04 Å². The molecule has 0 heterocycles. The van der Waals surface area contributed by atoms with Crippen LogP contribution in [0.15, 0.2) is 29.2 Å². The van der Waals surface area contributed by atoms with Crippen molar-refractivity contribution in [2.75, 3.05) is 24.5 Å². The maximum Gasteiger partial charge on any atom is 0.242 e. The van der Waals surface area contributed by atoms with Crippen LogP contribution >= 0.6 is 0 Å². The van der Waals surface area contributed by atoms with Crippen LogP contribution < -0.4 is 15.4 Å². The molecule has 0 radical (unpaired) electrons. The molecule has 0 saturated heterocycles. The topological polar surface area (TPSA) is 75.4 Å². The maximum atomic E-state index is 12.5. The monoisotopic (exact) mass is 311 g/mol. The summed E-state index contributed by atoms with van der Waals surface area (Å²) in [5.41, 5.74) is 6.45. The summed E-state index contributed by atoms with van der Waals surface area (Å²) >= 11 is 0. The molecule has 0 bridgehead atoms. The average molecular weight is 311 g/mol. The van der Waals surface area contributed by atoms with Crippen molar-refractivity contribution in [1.82, 2.24) is 4.72 Å². The lowest BCUT2D eigenvalue weighted by Crippen LogP contribution is -2.34. The summed E-state index contributed by atoms with van der Waals surface area (Å²) in [5, 5.41) is 0. The van der Waals surface area contributed by atoms with E-state index in [4.69, 9.17) is 5.73 Å². The lowest BCUT2D eigenvalue weighted by molar-refractivity contribution is 0.567. The molecule has 118 valence electrons. The summed E-state index contributed by atoms with van der Waals surface area (Å²) in [7, 11) is -3.45. The lowest BCUT2D eigenvalue weighted by atomic mass is 10.1. The van der Waals surface area contributed by atoms with Gasteiger partial charge in [0.15, 0.2) is 0 Å². The fraction of sp³-hybridized carbons (Fsp3) is 0.600. The third kappa shape index (κ3) is 4.18. The van der Waals surface area contributed by atoms with E-state index in [2.05, 4.69) is 16.5 Å². The predicted octanol–water partition coefficient (Wildman–Crippen LogP) is 1.55. The number of para-hydroxylation sites is 1. The Morgan fingerprint density at radius 3 is 2.62 bits per heavy atom. The van der Waals surface area contributed by atoms with E-state index < -0.39 is 10.0 Å². The smallest absolute Gasteiger partial charge is 0.242 e. The number of anilines is 1. The third-order valence-electron chi connectivity index (χ3n) is 3.71. The van der Waals surface area contributed by atoms with Crippen LogP contribution in [0.1, 0.15) is 26.7 Å². The summed E-state index contributed by atoms with van der Waals surface area (Å²) in [6, 6.07) is 7.30. The first-order valence-corrected chi connectivity index (χ1v) is 9.02. The Labute approximate surface area is 127 Å². The Bertz CT molecular complexity index is 570. The van der Waals surface area contributed by atoms with E-state index in [0.717, 1.165) is 31.6 Å². The van der Waals surface area contributed by atoms with E-state index >= 15 is 0 Å². The van der Waals surface area contributed by atoms with Crippen LogP contribution in [0.4, 0.5) is 5.69 Å². The number of hydrogen-bond donors (Lipinski definition) is 2. The number of nitrogens with zero attached hydrogens (tertiary/aromatic N) is 1. The van der Waals surface area contributed by atoms with Gasteiger partial charge in [0, 0.05) is 19.1 Å². The second-order valence-corrected chi connectivity index (χ2v) is 7.43. The fourth-order valence-electron chi connectivity index (χ4n) is 2.28. The maximum absolute atomic E-state index is 12.5. The quantitative estimate of drug-likeness (QED) is 0.764. The molecule has 21 heavy (non-hydrogen) atoms. The molecule has 3 N–H and O–H groups in total. The van der Waals surface area contributed by atoms with Crippen LogP contribution in [0.5, 0.6) is 0 Å². The van der Waals surface area contributed by atoms with Gasteiger partial charge >= 0.3 is 0 Å². The SMILES string of the molecule is CCN(CC(C)CN)c1ccccc1S(=O)(=O)NC1CC1. The summed E-state index contributed by atoms with van der Waals surface area (Å²) in [4.78, 5) is 2.45. The molecule has 1 atom stereocenters. The van der Waals surface area contributed by atoms with Crippen molar-refractivity contribution in [2.45, 2.75) is 37.6 Å². The lowest BCUT2D eigenvalue weighted by Gasteiger charge is -2.28. The van der Waals surface area contributed by atoms with Gasteiger partial charge in [0.1, 0.15) is 4.90 Å². The highest BCUT2D eigenvalue weighted by Gasteiger charge is 2.30. The highest BCUT2D eigenvalue weighted by atomic mass is 32.2. The Balaban J connectivity index is 2.30. The molecular weight excluding hydrogens is 286 g/mol. The van der Waals surface area contributed by atoms with Gasteiger partial charge in [-0.15, -0.1) is 0 Å². The molecule has 1 aliphatic rings.